The molecule has 0 saturated carbocycles. The largest absolute Gasteiger partial charge is 0.496 e. The summed E-state index contributed by atoms with van der Waals surface area (Å²) in [6.07, 6.45) is 1.57. The number of hydrogen-bond donors (Lipinski definition) is 2. The fourth-order valence-electron chi connectivity index (χ4n) is 2.68. The molecule has 1 heterocycles. The van der Waals surface area contributed by atoms with Crippen molar-refractivity contribution in [3.63, 3.8) is 0 Å². The van der Waals surface area contributed by atoms with E-state index < -0.39 is 0 Å². The van der Waals surface area contributed by atoms with E-state index in [1.54, 1.807) is 50.7 Å². The number of nitrogens with zero attached hydrogens (tertiary/aromatic N) is 1. The second-order valence-electron chi connectivity index (χ2n) is 5.89. The molecule has 6 nitrogen and oxygen atoms in total. The molecular weight excluding hydrogens is 378 g/mol. The Hall–Kier alpha value is -3.25. The lowest BCUT2D eigenvalue weighted by atomic mass is 10.2. The Kier molecular flexibility index (Phi) is 6.34. The topological polar surface area (TPSA) is 72.5 Å². The predicted molar refractivity (Wildman–Crippen MR) is 110 cm³/mol. The number of ether oxygens (including phenoxy) is 2. The average Bonchev–Trinajstić information content (AvgIpc) is 2.72. The summed E-state index contributed by atoms with van der Waals surface area (Å²) in [5.41, 5.74) is 2.57. The highest BCUT2D eigenvalue weighted by molar-refractivity contribution is 6.31. The molecular formula is C21H20ClN3O3. The van der Waals surface area contributed by atoms with Gasteiger partial charge in [-0.1, -0.05) is 29.8 Å². The number of benzene rings is 2. The van der Waals surface area contributed by atoms with Gasteiger partial charge in [0.05, 0.1) is 19.9 Å². The van der Waals surface area contributed by atoms with Crippen LogP contribution in [0.4, 0.5) is 11.4 Å². The summed E-state index contributed by atoms with van der Waals surface area (Å²) in [5.74, 6) is 1.08. The van der Waals surface area contributed by atoms with Crippen LogP contribution in [0.1, 0.15) is 16.1 Å². The minimum absolute atomic E-state index is 0.285. The van der Waals surface area contributed by atoms with Gasteiger partial charge in [0.15, 0.2) is 0 Å². The molecule has 0 radical (unpaired) electrons. The molecule has 1 amide bonds. The monoisotopic (exact) mass is 397 g/mol. The normalized spacial score (nSPS) is 10.2. The van der Waals surface area contributed by atoms with Crippen LogP contribution in [-0.2, 0) is 6.54 Å². The number of carbonyl (C=O) groups is 1. The number of halogens is 1. The van der Waals surface area contributed by atoms with E-state index in [9.17, 15) is 4.79 Å². The number of carbonyl (C=O) groups excluding carboxylic acids is 1. The van der Waals surface area contributed by atoms with E-state index in [1.165, 1.54) is 0 Å². The molecule has 0 unspecified atom stereocenters. The molecule has 2 aromatic carbocycles. The zero-order valence-electron chi connectivity index (χ0n) is 15.5. The van der Waals surface area contributed by atoms with Gasteiger partial charge in [0.25, 0.3) is 5.91 Å². The number of anilines is 2. The van der Waals surface area contributed by atoms with Crippen LogP contribution < -0.4 is 20.1 Å². The predicted octanol–water partition coefficient (Wildman–Crippen LogP) is 4.43. The third-order valence-corrected chi connectivity index (χ3v) is 4.30. The number of para-hydroxylation sites is 1. The summed E-state index contributed by atoms with van der Waals surface area (Å²) in [6, 6.07) is 16.2. The van der Waals surface area contributed by atoms with E-state index in [4.69, 9.17) is 21.1 Å². The van der Waals surface area contributed by atoms with Crippen LogP contribution in [0.15, 0.2) is 60.8 Å². The van der Waals surface area contributed by atoms with Crippen LogP contribution in [-0.4, -0.2) is 25.1 Å². The van der Waals surface area contributed by atoms with Gasteiger partial charge in [0, 0.05) is 29.0 Å². The number of hydrogen-bond acceptors (Lipinski definition) is 5. The van der Waals surface area contributed by atoms with E-state index in [0.29, 0.717) is 34.4 Å². The van der Waals surface area contributed by atoms with Gasteiger partial charge in [-0.15, -0.1) is 0 Å². The van der Waals surface area contributed by atoms with Crippen LogP contribution in [0, 0.1) is 0 Å². The molecule has 0 bridgehead atoms. The molecule has 3 rings (SSSR count). The van der Waals surface area contributed by atoms with E-state index in [2.05, 4.69) is 15.6 Å². The second-order valence-corrected chi connectivity index (χ2v) is 6.33. The Morgan fingerprint density at radius 3 is 2.61 bits per heavy atom. The Balaban J connectivity index is 1.72. The number of methoxy groups -OCH3 is 2. The van der Waals surface area contributed by atoms with Crippen molar-refractivity contribution in [1.82, 2.24) is 10.3 Å². The van der Waals surface area contributed by atoms with Crippen LogP contribution in [0.25, 0.3) is 0 Å². The molecule has 1 aromatic heterocycles. The van der Waals surface area contributed by atoms with E-state index in [-0.39, 0.29) is 5.91 Å². The van der Waals surface area contributed by atoms with Crippen molar-refractivity contribution >= 4 is 28.9 Å². The SMILES string of the molecule is COc1ccccc1CNC(=O)c1cc(Nc2cc(Cl)ccc2OC)ccn1. The maximum atomic E-state index is 12.5. The van der Waals surface area contributed by atoms with Crippen LogP contribution in [0.2, 0.25) is 5.02 Å². The van der Waals surface area contributed by atoms with Gasteiger partial charge in [-0.3, -0.25) is 9.78 Å². The van der Waals surface area contributed by atoms with Crippen LogP contribution >= 0.6 is 11.6 Å². The van der Waals surface area contributed by atoms with E-state index in [0.717, 1.165) is 11.3 Å². The molecule has 2 N–H and O–H groups in total. The molecule has 0 aliphatic heterocycles. The molecule has 0 fully saturated rings. The highest BCUT2D eigenvalue weighted by Gasteiger charge is 2.11. The summed E-state index contributed by atoms with van der Waals surface area (Å²) >= 11 is 6.06. The number of pyridine rings is 1. The number of amides is 1. The second kappa shape index (κ2) is 9.10. The van der Waals surface area contributed by atoms with Crippen molar-refractivity contribution in [1.29, 1.82) is 0 Å². The van der Waals surface area contributed by atoms with Gasteiger partial charge in [-0.05, 0) is 36.4 Å². The lowest BCUT2D eigenvalue weighted by Gasteiger charge is -2.12. The average molecular weight is 398 g/mol. The van der Waals surface area contributed by atoms with Crippen molar-refractivity contribution in [2.24, 2.45) is 0 Å². The minimum Gasteiger partial charge on any atom is -0.496 e. The third-order valence-electron chi connectivity index (χ3n) is 4.07. The molecule has 0 atom stereocenters. The molecule has 7 heteroatoms. The summed E-state index contributed by atoms with van der Waals surface area (Å²) in [7, 11) is 3.18. The molecule has 0 saturated heterocycles. The highest BCUT2D eigenvalue weighted by atomic mass is 35.5. The Morgan fingerprint density at radius 1 is 1.04 bits per heavy atom. The van der Waals surface area contributed by atoms with Crippen molar-refractivity contribution in [3.8, 4) is 11.5 Å². The Labute approximate surface area is 168 Å². The van der Waals surface area contributed by atoms with Crippen molar-refractivity contribution in [3.05, 3.63) is 77.1 Å². The van der Waals surface area contributed by atoms with Gasteiger partial charge in [0.1, 0.15) is 17.2 Å². The fourth-order valence-corrected chi connectivity index (χ4v) is 2.85. The summed E-state index contributed by atoms with van der Waals surface area (Å²) < 4.78 is 10.6. The van der Waals surface area contributed by atoms with Crippen LogP contribution in [0.3, 0.4) is 0 Å². The third kappa shape index (κ3) is 4.72. The van der Waals surface area contributed by atoms with Gasteiger partial charge in [-0.2, -0.15) is 0 Å². The molecule has 0 aliphatic rings. The molecule has 144 valence electrons. The van der Waals surface area contributed by atoms with Crippen LogP contribution in [0.5, 0.6) is 11.5 Å². The molecule has 3 aromatic rings. The summed E-state index contributed by atoms with van der Waals surface area (Å²) in [6.45, 7) is 0.338. The minimum atomic E-state index is -0.285. The first kappa shape index (κ1) is 19.5. The van der Waals surface area contributed by atoms with E-state index in [1.807, 2.05) is 24.3 Å². The van der Waals surface area contributed by atoms with Gasteiger partial charge in [0.2, 0.25) is 0 Å². The first-order valence-electron chi connectivity index (χ1n) is 8.57. The van der Waals surface area contributed by atoms with Gasteiger partial charge < -0.3 is 20.1 Å². The zero-order chi connectivity index (χ0) is 19.9. The lowest BCUT2D eigenvalue weighted by Crippen LogP contribution is -2.24. The smallest absolute Gasteiger partial charge is 0.270 e. The standard InChI is InChI=1S/C21H20ClN3O3/c1-27-19-6-4-3-5-14(19)13-24-21(26)18-12-16(9-10-23-18)25-17-11-15(22)7-8-20(17)28-2/h3-12H,13H2,1-2H3,(H,23,25)(H,24,26). The van der Waals surface area contributed by atoms with Gasteiger partial charge in [-0.25, -0.2) is 0 Å². The number of nitrogens with one attached hydrogen (secondary N) is 2. The number of aromatic nitrogens is 1. The maximum Gasteiger partial charge on any atom is 0.270 e. The summed E-state index contributed by atoms with van der Waals surface area (Å²) in [5, 5.41) is 6.64. The number of rotatable bonds is 7. The molecule has 28 heavy (non-hydrogen) atoms. The van der Waals surface area contributed by atoms with E-state index >= 15 is 0 Å². The van der Waals surface area contributed by atoms with Crippen molar-refractivity contribution < 1.29 is 14.3 Å². The lowest BCUT2D eigenvalue weighted by molar-refractivity contribution is 0.0945. The molecule has 0 aliphatic carbocycles. The summed E-state index contributed by atoms with van der Waals surface area (Å²) in [4.78, 5) is 16.7. The van der Waals surface area contributed by atoms with Gasteiger partial charge >= 0.3 is 0 Å². The van der Waals surface area contributed by atoms with Crippen molar-refractivity contribution in [2.45, 2.75) is 6.54 Å². The Morgan fingerprint density at radius 2 is 1.82 bits per heavy atom. The first-order chi connectivity index (χ1) is 13.6. The highest BCUT2D eigenvalue weighted by Crippen LogP contribution is 2.30. The maximum absolute atomic E-state index is 12.5. The quantitative estimate of drug-likeness (QED) is 0.617. The molecule has 0 spiro atoms. The zero-order valence-corrected chi connectivity index (χ0v) is 16.3. The first-order valence-corrected chi connectivity index (χ1v) is 8.95. The van der Waals surface area contributed by atoms with Crippen molar-refractivity contribution in [2.75, 3.05) is 19.5 Å². The fraction of sp³-hybridized carbons (Fsp3) is 0.143. The Bertz CT molecular complexity index is 979.